The lowest BCUT2D eigenvalue weighted by Crippen LogP contribution is -2.06. The van der Waals surface area contributed by atoms with Gasteiger partial charge >= 0.3 is 0 Å². The predicted octanol–water partition coefficient (Wildman–Crippen LogP) is 4.09. The number of ether oxygens (including phenoxy) is 1. The number of carbonyl (C=O) groups excluding carboxylic acids is 2. The van der Waals surface area contributed by atoms with Gasteiger partial charge in [-0.25, -0.2) is 0 Å². The monoisotopic (exact) mass is 325 g/mol. The molecule has 0 aromatic heterocycles. The van der Waals surface area contributed by atoms with Crippen molar-refractivity contribution in [3.63, 3.8) is 0 Å². The smallest absolute Gasteiger partial charge is 0.271 e. The molecule has 0 aliphatic carbocycles. The van der Waals surface area contributed by atoms with Crippen LogP contribution in [0.5, 0.6) is 0 Å². The second-order valence-corrected chi connectivity index (χ2v) is 5.10. The maximum atomic E-state index is 11.8. The zero-order chi connectivity index (χ0) is 16.5. The zero-order valence-electron chi connectivity index (χ0n) is 12.2. The molecule has 4 heteroatoms. The Bertz CT molecular complexity index is 716. The molecule has 0 aliphatic heterocycles. The first-order chi connectivity index (χ1) is 11.2. The van der Waals surface area contributed by atoms with Gasteiger partial charge in [0.05, 0.1) is 0 Å². The van der Waals surface area contributed by atoms with Crippen LogP contribution in [-0.4, -0.2) is 18.7 Å². The fourth-order valence-electron chi connectivity index (χ4n) is 1.76. The van der Waals surface area contributed by atoms with Crippen LogP contribution < -0.4 is 0 Å². The van der Waals surface area contributed by atoms with Crippen molar-refractivity contribution in [1.82, 2.24) is 0 Å². The van der Waals surface area contributed by atoms with E-state index in [-0.39, 0.29) is 18.1 Å². The van der Waals surface area contributed by atoms with E-state index >= 15 is 0 Å². The maximum Gasteiger partial charge on any atom is 0.271 e. The number of ketones is 1. The van der Waals surface area contributed by atoms with Gasteiger partial charge in [0.1, 0.15) is 0 Å². The third kappa shape index (κ3) is 5.93. The normalized spacial score (nSPS) is 11.4. The lowest BCUT2D eigenvalue weighted by Gasteiger charge is -2.02. The molecule has 0 heterocycles. The molecule has 23 heavy (non-hydrogen) atoms. The predicted molar refractivity (Wildman–Crippen MR) is 91.6 cm³/mol. The minimum Gasteiger partial charge on any atom is -0.481 e. The highest BCUT2D eigenvalue weighted by molar-refractivity contribution is 6.30. The molecule has 115 valence electrons. The number of allylic oxidation sites excluding steroid dienone is 1. The van der Waals surface area contributed by atoms with Gasteiger partial charge in [0.2, 0.25) is 0 Å². The quantitative estimate of drug-likeness (QED) is 0.569. The number of halogens is 1. The first-order valence-electron chi connectivity index (χ1n) is 6.91. The summed E-state index contributed by atoms with van der Waals surface area (Å²) in [5.41, 5.74) is 1.65. The van der Waals surface area contributed by atoms with Crippen molar-refractivity contribution in [1.29, 1.82) is 0 Å². The van der Waals surface area contributed by atoms with Crippen LogP contribution in [0.2, 0.25) is 5.02 Å². The standard InChI is InChI=1S/C19H14ClO3/c20-17-9-6-15(7-10-17)8-11-18(22)14-23-19(13-21)12-16-4-2-1-3-5-16/h1-12H,14H2. The summed E-state index contributed by atoms with van der Waals surface area (Å²) < 4.78 is 5.18. The molecular weight excluding hydrogens is 312 g/mol. The van der Waals surface area contributed by atoms with Gasteiger partial charge in [-0.05, 0) is 35.4 Å². The topological polar surface area (TPSA) is 43.4 Å². The molecule has 2 rings (SSSR count). The summed E-state index contributed by atoms with van der Waals surface area (Å²) >= 11 is 5.79. The van der Waals surface area contributed by atoms with E-state index in [1.165, 1.54) is 12.2 Å². The summed E-state index contributed by atoms with van der Waals surface area (Å²) in [6.07, 6.45) is 6.27. The number of hydrogen-bond donors (Lipinski definition) is 0. The van der Waals surface area contributed by atoms with E-state index in [1.54, 1.807) is 36.6 Å². The van der Waals surface area contributed by atoms with Crippen LogP contribution in [0.1, 0.15) is 11.1 Å². The molecule has 0 N–H and O–H groups in total. The average Bonchev–Trinajstić information content (AvgIpc) is 2.59. The van der Waals surface area contributed by atoms with Crippen molar-refractivity contribution in [2.75, 3.05) is 6.61 Å². The van der Waals surface area contributed by atoms with Crippen molar-refractivity contribution < 1.29 is 14.3 Å². The number of carbonyl (C=O) groups is 1. The molecule has 0 fully saturated rings. The summed E-state index contributed by atoms with van der Waals surface area (Å²) in [7, 11) is 0. The highest BCUT2D eigenvalue weighted by atomic mass is 35.5. The van der Waals surface area contributed by atoms with Crippen molar-refractivity contribution in [3.8, 4) is 0 Å². The molecule has 2 aromatic rings. The lowest BCUT2D eigenvalue weighted by molar-refractivity contribution is -0.117. The molecule has 0 atom stereocenters. The first kappa shape index (κ1) is 16.7. The Morgan fingerprint density at radius 1 is 1.04 bits per heavy atom. The van der Waals surface area contributed by atoms with Crippen LogP contribution in [0, 0.1) is 0 Å². The average molecular weight is 326 g/mol. The van der Waals surface area contributed by atoms with Gasteiger partial charge < -0.3 is 4.74 Å². The summed E-state index contributed by atoms with van der Waals surface area (Å²) in [4.78, 5) is 22.6. The van der Waals surface area contributed by atoms with Gasteiger partial charge in [0.15, 0.2) is 18.1 Å². The number of rotatable bonds is 7. The SMILES string of the molecule is O=[C]C(=Cc1ccccc1)OCC(=O)C=Cc1ccc(Cl)cc1. The molecule has 0 spiro atoms. The molecule has 0 amide bonds. The highest BCUT2D eigenvalue weighted by Crippen LogP contribution is 2.11. The summed E-state index contributed by atoms with van der Waals surface area (Å²) in [5, 5.41) is 0.633. The van der Waals surface area contributed by atoms with Gasteiger partial charge in [-0.3, -0.25) is 9.59 Å². The van der Waals surface area contributed by atoms with Gasteiger partial charge in [-0.1, -0.05) is 60.1 Å². The molecule has 0 saturated heterocycles. The van der Waals surface area contributed by atoms with Crippen molar-refractivity contribution >= 4 is 35.8 Å². The van der Waals surface area contributed by atoms with E-state index < -0.39 is 0 Å². The van der Waals surface area contributed by atoms with Gasteiger partial charge in [-0.15, -0.1) is 0 Å². The van der Waals surface area contributed by atoms with Gasteiger partial charge in [0, 0.05) is 5.02 Å². The van der Waals surface area contributed by atoms with Crippen LogP contribution in [0.3, 0.4) is 0 Å². The van der Waals surface area contributed by atoms with Crippen LogP contribution in [0.25, 0.3) is 12.2 Å². The highest BCUT2D eigenvalue weighted by Gasteiger charge is 2.02. The Kier molecular flexibility index (Phi) is 6.33. The Morgan fingerprint density at radius 2 is 1.74 bits per heavy atom. The van der Waals surface area contributed by atoms with Crippen molar-refractivity contribution in [2.24, 2.45) is 0 Å². The Hall–Kier alpha value is -2.65. The fraction of sp³-hybridized carbons (Fsp3) is 0.0526. The molecule has 3 nitrogen and oxygen atoms in total. The Balaban J connectivity index is 1.91. The van der Waals surface area contributed by atoms with Crippen LogP contribution >= 0.6 is 11.6 Å². The van der Waals surface area contributed by atoms with E-state index in [9.17, 15) is 9.59 Å². The van der Waals surface area contributed by atoms with Crippen molar-refractivity contribution in [2.45, 2.75) is 0 Å². The molecular formula is C19H14ClO3. The van der Waals surface area contributed by atoms with E-state index in [2.05, 4.69) is 0 Å². The van der Waals surface area contributed by atoms with Crippen LogP contribution in [0.4, 0.5) is 0 Å². The third-order valence-electron chi connectivity index (χ3n) is 2.90. The third-order valence-corrected chi connectivity index (χ3v) is 3.15. The van der Waals surface area contributed by atoms with Crippen molar-refractivity contribution in [3.05, 3.63) is 82.6 Å². The fourth-order valence-corrected chi connectivity index (χ4v) is 1.89. The summed E-state index contributed by atoms with van der Waals surface area (Å²) in [6.45, 7) is -0.224. The second kappa shape index (κ2) is 8.71. The molecule has 0 aliphatic rings. The van der Waals surface area contributed by atoms with E-state index in [1.807, 2.05) is 30.3 Å². The minimum atomic E-state index is -0.255. The van der Waals surface area contributed by atoms with E-state index in [4.69, 9.17) is 16.3 Å². The molecule has 2 aromatic carbocycles. The number of hydrogen-bond acceptors (Lipinski definition) is 3. The first-order valence-corrected chi connectivity index (χ1v) is 7.29. The Morgan fingerprint density at radius 3 is 2.39 bits per heavy atom. The molecule has 0 saturated carbocycles. The molecule has 0 unspecified atom stereocenters. The van der Waals surface area contributed by atoms with Gasteiger partial charge in [-0.2, -0.15) is 0 Å². The van der Waals surface area contributed by atoms with E-state index in [0.29, 0.717) is 5.02 Å². The molecule has 0 bridgehead atoms. The van der Waals surface area contributed by atoms with Crippen LogP contribution in [0.15, 0.2) is 66.4 Å². The lowest BCUT2D eigenvalue weighted by atomic mass is 10.2. The number of benzene rings is 2. The molecule has 1 radical (unpaired) electrons. The minimum absolute atomic E-state index is 0.00978. The Labute approximate surface area is 139 Å². The maximum absolute atomic E-state index is 11.8. The van der Waals surface area contributed by atoms with Crippen LogP contribution in [-0.2, 0) is 14.3 Å². The zero-order valence-corrected chi connectivity index (χ0v) is 13.0. The van der Waals surface area contributed by atoms with E-state index in [0.717, 1.165) is 11.1 Å². The van der Waals surface area contributed by atoms with Gasteiger partial charge in [0.25, 0.3) is 6.29 Å². The second-order valence-electron chi connectivity index (χ2n) is 4.66. The summed E-state index contributed by atoms with van der Waals surface area (Å²) in [5.74, 6) is -0.265. The summed E-state index contributed by atoms with van der Waals surface area (Å²) in [6, 6.07) is 16.3. The largest absolute Gasteiger partial charge is 0.481 e.